The molecule has 1 unspecified atom stereocenters. The molecule has 2 rings (SSSR count). The molecule has 0 fully saturated rings. The van der Waals surface area contributed by atoms with Crippen LogP contribution in [0.1, 0.15) is 50.9 Å². The first-order valence-corrected chi connectivity index (χ1v) is 11.8. The molecule has 1 heterocycles. The third-order valence-electron chi connectivity index (χ3n) is 5.06. The van der Waals surface area contributed by atoms with E-state index >= 15 is 0 Å². The van der Waals surface area contributed by atoms with Crippen molar-refractivity contribution in [2.24, 2.45) is 0 Å². The van der Waals surface area contributed by atoms with Crippen molar-refractivity contribution in [1.82, 2.24) is 19.9 Å². The lowest BCUT2D eigenvalue weighted by Gasteiger charge is -2.19. The van der Waals surface area contributed by atoms with Crippen molar-refractivity contribution in [1.29, 1.82) is 0 Å². The number of H-pyrrole nitrogens is 1. The van der Waals surface area contributed by atoms with Gasteiger partial charge in [0, 0.05) is 49.1 Å². The van der Waals surface area contributed by atoms with Gasteiger partial charge in [-0.15, -0.1) is 0 Å². The van der Waals surface area contributed by atoms with Crippen LogP contribution in [0.4, 0.5) is 0 Å². The number of amides is 2. The van der Waals surface area contributed by atoms with Crippen LogP contribution in [-0.2, 0) is 14.8 Å². The van der Waals surface area contributed by atoms with Gasteiger partial charge >= 0.3 is 0 Å². The third-order valence-corrected chi connectivity index (χ3v) is 7.11. The van der Waals surface area contributed by atoms with Gasteiger partial charge in [0.25, 0.3) is 5.91 Å². The maximum atomic E-state index is 12.9. The molecule has 0 aliphatic rings. The summed E-state index contributed by atoms with van der Waals surface area (Å²) in [4.78, 5) is 39.3. The average molecular weight is 451 g/mol. The number of fused-ring (bicyclic) bond motifs is 1. The molecule has 2 aromatic rings. The predicted molar refractivity (Wildman–Crippen MR) is 120 cm³/mol. The molecule has 1 atom stereocenters. The summed E-state index contributed by atoms with van der Waals surface area (Å²) in [6.07, 6.45) is 0.897. The lowest BCUT2D eigenvalue weighted by atomic mass is 10.1. The van der Waals surface area contributed by atoms with Gasteiger partial charge in [-0.1, -0.05) is 20.8 Å². The largest absolute Gasteiger partial charge is 0.354 e. The summed E-state index contributed by atoms with van der Waals surface area (Å²) in [5.74, 6) is -0.733. The van der Waals surface area contributed by atoms with E-state index < -0.39 is 21.5 Å². The topological polar surface area (TPSA) is 128 Å². The molecule has 31 heavy (non-hydrogen) atoms. The standard InChI is InChI=1S/C21H30N4O5S/c1-5-14(4)23-19(26)10-11-22-21(28)17-13-20(27)24-18-9-8-15(12-16(17)18)31(29,30)25(6-2)7-3/h8-9,12-14H,5-7,10-11H2,1-4H3,(H,22,28)(H,23,26)(H,24,27). The Balaban J connectivity index is 2.31. The number of sulfonamides is 1. The van der Waals surface area contributed by atoms with Crippen LogP contribution in [-0.4, -0.2) is 55.2 Å². The Labute approximate surface area is 182 Å². The van der Waals surface area contributed by atoms with Crippen molar-refractivity contribution in [3.63, 3.8) is 0 Å². The molecule has 2 amide bonds. The fraction of sp³-hybridized carbons (Fsp3) is 0.476. The molecule has 0 aliphatic carbocycles. The average Bonchev–Trinajstić information content (AvgIpc) is 2.73. The second-order valence-corrected chi connectivity index (χ2v) is 9.16. The summed E-state index contributed by atoms with van der Waals surface area (Å²) in [7, 11) is -3.73. The van der Waals surface area contributed by atoms with Gasteiger partial charge in [0.15, 0.2) is 0 Å². The number of benzene rings is 1. The summed E-state index contributed by atoms with van der Waals surface area (Å²) in [6, 6.07) is 5.45. The first kappa shape index (κ1) is 24.5. The van der Waals surface area contributed by atoms with Crippen LogP contribution in [0.25, 0.3) is 10.9 Å². The summed E-state index contributed by atoms with van der Waals surface area (Å²) in [5, 5.41) is 5.76. The molecule has 170 valence electrons. The SMILES string of the molecule is CCC(C)NC(=O)CCNC(=O)c1cc(=O)[nH]c2ccc(S(=O)(=O)N(CC)CC)cc12. The highest BCUT2D eigenvalue weighted by Gasteiger charge is 2.23. The van der Waals surface area contributed by atoms with E-state index in [9.17, 15) is 22.8 Å². The number of aromatic amines is 1. The van der Waals surface area contributed by atoms with Crippen molar-refractivity contribution in [2.45, 2.75) is 51.5 Å². The van der Waals surface area contributed by atoms with Gasteiger partial charge in [0.05, 0.1) is 10.5 Å². The van der Waals surface area contributed by atoms with Gasteiger partial charge in [-0.2, -0.15) is 4.31 Å². The zero-order valence-electron chi connectivity index (χ0n) is 18.3. The van der Waals surface area contributed by atoms with Crippen molar-refractivity contribution in [3.05, 3.63) is 40.2 Å². The molecule has 0 bridgehead atoms. The molecule has 9 nitrogen and oxygen atoms in total. The van der Waals surface area contributed by atoms with Crippen LogP contribution in [0.3, 0.4) is 0 Å². The van der Waals surface area contributed by atoms with Crippen molar-refractivity contribution >= 4 is 32.7 Å². The van der Waals surface area contributed by atoms with Gasteiger partial charge in [0.1, 0.15) is 0 Å². The highest BCUT2D eigenvalue weighted by atomic mass is 32.2. The summed E-state index contributed by atoms with van der Waals surface area (Å²) in [5.41, 5.74) is -0.0742. The van der Waals surface area contributed by atoms with Crippen LogP contribution < -0.4 is 16.2 Å². The number of carbonyl (C=O) groups is 2. The molecular weight excluding hydrogens is 420 g/mol. The molecule has 0 radical (unpaired) electrons. The Morgan fingerprint density at radius 1 is 1.13 bits per heavy atom. The van der Waals surface area contributed by atoms with Gasteiger partial charge in [-0.3, -0.25) is 14.4 Å². The third kappa shape index (κ3) is 5.92. The molecule has 0 saturated carbocycles. The molecule has 0 spiro atoms. The highest BCUT2D eigenvalue weighted by molar-refractivity contribution is 7.89. The second kappa shape index (κ2) is 10.5. The Kier molecular flexibility index (Phi) is 8.35. The molecule has 10 heteroatoms. The molecule has 0 saturated heterocycles. The minimum atomic E-state index is -3.73. The lowest BCUT2D eigenvalue weighted by molar-refractivity contribution is -0.121. The summed E-state index contributed by atoms with van der Waals surface area (Å²) in [6.45, 7) is 8.06. The van der Waals surface area contributed by atoms with E-state index in [0.717, 1.165) is 12.5 Å². The first-order chi connectivity index (χ1) is 14.6. The Bertz CT molecular complexity index is 1110. The monoisotopic (exact) mass is 450 g/mol. The Morgan fingerprint density at radius 3 is 2.42 bits per heavy atom. The second-order valence-electron chi connectivity index (χ2n) is 7.23. The minimum Gasteiger partial charge on any atom is -0.354 e. The van der Waals surface area contributed by atoms with Gasteiger partial charge < -0.3 is 15.6 Å². The zero-order chi connectivity index (χ0) is 23.2. The van der Waals surface area contributed by atoms with E-state index in [2.05, 4.69) is 15.6 Å². The molecule has 1 aromatic heterocycles. The Morgan fingerprint density at radius 2 is 1.81 bits per heavy atom. The number of carbonyl (C=O) groups excluding carboxylic acids is 2. The predicted octanol–water partition coefficient (Wildman–Crippen LogP) is 1.59. The quantitative estimate of drug-likeness (QED) is 0.506. The van der Waals surface area contributed by atoms with Crippen LogP contribution >= 0.6 is 0 Å². The maximum Gasteiger partial charge on any atom is 0.252 e. The van der Waals surface area contributed by atoms with E-state index in [1.54, 1.807) is 13.8 Å². The number of hydrogen-bond acceptors (Lipinski definition) is 5. The number of aromatic nitrogens is 1. The molecule has 3 N–H and O–H groups in total. The smallest absolute Gasteiger partial charge is 0.252 e. The summed E-state index contributed by atoms with van der Waals surface area (Å²) >= 11 is 0. The normalized spacial score (nSPS) is 12.7. The molecule has 0 aliphatic heterocycles. The maximum absolute atomic E-state index is 12.9. The van der Waals surface area contributed by atoms with Crippen LogP contribution in [0.15, 0.2) is 34.0 Å². The lowest BCUT2D eigenvalue weighted by Crippen LogP contribution is -2.35. The van der Waals surface area contributed by atoms with E-state index in [1.807, 2.05) is 13.8 Å². The number of hydrogen-bond donors (Lipinski definition) is 3. The van der Waals surface area contributed by atoms with Crippen LogP contribution in [0.5, 0.6) is 0 Å². The number of nitrogens with one attached hydrogen (secondary N) is 3. The van der Waals surface area contributed by atoms with Gasteiger partial charge in [-0.25, -0.2) is 8.42 Å². The van der Waals surface area contributed by atoms with E-state index in [1.165, 1.54) is 22.5 Å². The van der Waals surface area contributed by atoms with Crippen molar-refractivity contribution in [2.75, 3.05) is 19.6 Å². The van der Waals surface area contributed by atoms with E-state index in [0.29, 0.717) is 24.0 Å². The van der Waals surface area contributed by atoms with Gasteiger partial charge in [-0.05, 0) is 31.5 Å². The van der Waals surface area contributed by atoms with Crippen molar-refractivity contribution in [3.8, 4) is 0 Å². The number of rotatable bonds is 10. The molecule has 1 aromatic carbocycles. The molecular formula is C21H30N4O5S. The van der Waals surface area contributed by atoms with Crippen molar-refractivity contribution < 1.29 is 18.0 Å². The first-order valence-electron chi connectivity index (χ1n) is 10.4. The fourth-order valence-electron chi connectivity index (χ4n) is 3.13. The zero-order valence-corrected chi connectivity index (χ0v) is 19.1. The number of nitrogens with zero attached hydrogens (tertiary/aromatic N) is 1. The van der Waals surface area contributed by atoms with Gasteiger partial charge in [0.2, 0.25) is 21.5 Å². The minimum absolute atomic E-state index is 0.0396. The van der Waals surface area contributed by atoms with E-state index in [-0.39, 0.29) is 35.4 Å². The number of pyridine rings is 1. The van der Waals surface area contributed by atoms with E-state index in [4.69, 9.17) is 0 Å². The summed E-state index contributed by atoms with van der Waals surface area (Å²) < 4.78 is 27.0. The highest BCUT2D eigenvalue weighted by Crippen LogP contribution is 2.22. The van der Waals surface area contributed by atoms with Crippen LogP contribution in [0, 0.1) is 0 Å². The fourth-order valence-corrected chi connectivity index (χ4v) is 4.61. The Hall–Kier alpha value is -2.72. The van der Waals surface area contributed by atoms with Crippen LogP contribution in [0.2, 0.25) is 0 Å².